The number of benzene rings is 3. The van der Waals surface area contributed by atoms with Gasteiger partial charge in [-0.1, -0.05) is 222 Å². The van der Waals surface area contributed by atoms with Crippen molar-refractivity contribution >= 4 is 131 Å². The number of amides is 2. The molecular formula is C86H135B4Cl2I3N10O15. The van der Waals surface area contributed by atoms with Gasteiger partial charge in [0.1, 0.15) is 29.0 Å². The second-order valence-corrected chi connectivity index (χ2v) is 38.8. The normalized spacial score (nSPS) is 16.9. The van der Waals surface area contributed by atoms with Gasteiger partial charge in [0.15, 0.2) is 17.3 Å². The molecule has 0 radical (unpaired) electrons. The van der Waals surface area contributed by atoms with Crippen molar-refractivity contribution in [1.82, 2.24) is 40.5 Å². The standard InChI is InChI=1S/C26H36BN3O4.C20H26BN3O4.C15H14N2O3.2C11H24BNO2.CH2I2.CH3I.CH4.2ClH/c1-18(2)14-23(27-33-25(3,4)26(5,6)34-27)30-24(32)20(15-19-10-8-7-9-11-19)16-22(31)21-17-28-12-13-29-21;1-14(2)10-19(21(27)28)24-20(26)16(11-15-6-4-3-5-7-15)12-18(25)17-13-22-8-9-23-17;18-14(13-10-16-6-7-17-13)9-12(15(19)20)8-11-4-2-1-3-5-11;2*1-8(2)7-9(13)12-14-10(3,4)11(5,6)15-12;2-1-3;1-2;;;/h7-13,17-18,20,23H,14-16H2,1-6H3,(H,30,32);3-9,13-14,16,19,27-28H,10-12H2,1-2H3,(H,24,26);1-7,10,12H,8-9H2,(H,19,20);2*8-9H,7,13H2,1-6H3;1H2;1H3;1H4;2*1H/t20-,23+;16-,19+;12-;9-;;;;;;/m1110....../s1. The van der Waals surface area contributed by atoms with Gasteiger partial charge in [-0.25, -0.2) is 15.0 Å². The summed E-state index contributed by atoms with van der Waals surface area (Å²) in [5.74, 6) is -3.29. The van der Waals surface area contributed by atoms with Crippen LogP contribution in [0.3, 0.4) is 0 Å². The molecule has 6 heterocycles. The Balaban J connectivity index is 0.00000149. The van der Waals surface area contributed by atoms with Crippen molar-refractivity contribution in [2.24, 2.45) is 41.4 Å². The van der Waals surface area contributed by atoms with Crippen LogP contribution in [0.4, 0.5) is 0 Å². The monoisotopic (exact) mass is 2040 g/mol. The number of Topliss-reactive ketones (excluding diaryl/α,β-unsaturated/α-hetero) is 3. The highest BCUT2D eigenvalue weighted by molar-refractivity contribution is 14.2. The Hall–Kier alpha value is -5.05. The number of rotatable bonds is 32. The maximum Gasteiger partial charge on any atom is 0.521 e. The number of quaternary nitrogens is 2. The fourth-order valence-corrected chi connectivity index (χ4v) is 12.5. The van der Waals surface area contributed by atoms with Crippen LogP contribution in [0, 0.1) is 41.4 Å². The highest BCUT2D eigenvalue weighted by atomic mass is 127. The molecule has 34 heteroatoms. The molecule has 7 atom stereocenters. The number of alkyl halides is 3. The summed E-state index contributed by atoms with van der Waals surface area (Å²) in [7, 11) is -2.54. The molecule has 0 saturated carbocycles. The second kappa shape index (κ2) is 56.1. The van der Waals surface area contributed by atoms with E-state index in [1.165, 1.54) is 58.2 Å². The van der Waals surface area contributed by atoms with Gasteiger partial charge in [-0.3, -0.25) is 43.7 Å². The second-order valence-electron chi connectivity index (χ2n) is 34.3. The smallest absolute Gasteiger partial charge is 0.521 e. The molecule has 120 heavy (non-hydrogen) atoms. The van der Waals surface area contributed by atoms with Crippen LogP contribution in [0.25, 0.3) is 0 Å². The summed E-state index contributed by atoms with van der Waals surface area (Å²) < 4.78 is 37.5. The maximum absolute atomic E-state index is 13.6. The average Bonchev–Trinajstić information content (AvgIpc) is 1.65. The average molecular weight is 2040 g/mol. The van der Waals surface area contributed by atoms with Crippen LogP contribution in [0.1, 0.15) is 239 Å². The van der Waals surface area contributed by atoms with Gasteiger partial charge in [0.25, 0.3) is 0 Å². The lowest BCUT2D eigenvalue weighted by Crippen LogP contribution is -3.00. The highest BCUT2D eigenvalue weighted by Crippen LogP contribution is 2.41. The predicted molar refractivity (Wildman–Crippen MR) is 495 cm³/mol. The molecule has 3 fully saturated rings. The number of ketones is 3. The minimum absolute atomic E-state index is 0. The molecule has 1 unspecified atom stereocenters. The molecule has 25 nitrogen and oxygen atoms in total. The topological polar surface area (TPSA) is 375 Å². The van der Waals surface area contributed by atoms with Crippen LogP contribution >= 0.6 is 67.8 Å². The molecule has 6 aromatic rings. The molecule has 11 N–H and O–H groups in total. The Morgan fingerprint density at radius 3 is 0.933 bits per heavy atom. The van der Waals surface area contributed by atoms with Crippen LogP contribution in [-0.2, 0) is 61.6 Å². The summed E-state index contributed by atoms with van der Waals surface area (Å²) in [6.07, 6.45) is 17.2. The molecule has 2 amide bonds. The molecule has 9 rings (SSSR count). The predicted octanol–water partition coefficient (Wildman–Crippen LogP) is 7.57. The van der Waals surface area contributed by atoms with Crippen LogP contribution in [0.15, 0.2) is 147 Å². The Kier molecular flexibility index (Phi) is 53.8. The molecule has 0 bridgehead atoms. The number of aliphatic carboxylic acids is 1. The van der Waals surface area contributed by atoms with Crippen LogP contribution in [0.5, 0.6) is 0 Å². The van der Waals surface area contributed by atoms with Gasteiger partial charge in [-0.2, -0.15) is 0 Å². The van der Waals surface area contributed by atoms with E-state index in [0.717, 1.165) is 29.5 Å². The van der Waals surface area contributed by atoms with Gasteiger partial charge in [0, 0.05) is 68.3 Å². The Bertz CT molecular complexity index is 3800. The Morgan fingerprint density at radius 2 is 0.683 bits per heavy atom. The van der Waals surface area contributed by atoms with Crippen molar-refractivity contribution < 1.29 is 108 Å². The zero-order valence-corrected chi connectivity index (χ0v) is 81.5. The van der Waals surface area contributed by atoms with E-state index >= 15 is 0 Å². The number of hydrogen-bond acceptors (Lipinski definition) is 20. The number of carboxylic acids is 1. The first-order valence-electron chi connectivity index (χ1n) is 40.2. The maximum atomic E-state index is 13.6. The number of carboxylic acid groups (broad SMARTS) is 1. The molecular weight excluding hydrogens is 1910 g/mol. The number of carbonyl (C=O) groups is 6. The van der Waals surface area contributed by atoms with Crippen molar-refractivity contribution in [3.8, 4) is 0 Å². The van der Waals surface area contributed by atoms with E-state index in [1.54, 1.807) is 0 Å². The fraction of sp³-hybridized carbons (Fsp3) is 0.581. The van der Waals surface area contributed by atoms with Crippen LogP contribution < -0.4 is 46.9 Å². The zero-order valence-electron chi connectivity index (χ0n) is 73.5. The van der Waals surface area contributed by atoms with E-state index in [-0.39, 0.29) is 158 Å². The SMILES string of the molecule is C.CC(C)CC([NH3+])B1OC(C)(C)C(C)(C)O1.CC(C)C[C@H](NC(=O)[C@@H](CC(=O)c1cnccn1)Cc1ccccc1)B(O)O.CC(C)C[C@H](NC(=O)[C@@H](CC(=O)c1cnccn1)Cc1ccccc1)B1OC(C)(C)C(C)(C)O1.CC(C)C[C@H]([NH3+])B1OC(C)(C)C(C)(C)O1.CI.ICI.O=C(C[C@@H](Cc1ccccc1)C(=O)O)c1cnccn1.[Cl-].[Cl-]. The van der Waals surface area contributed by atoms with E-state index in [0.29, 0.717) is 49.9 Å². The molecule has 0 aliphatic carbocycles. The lowest BCUT2D eigenvalue weighted by atomic mass is 9.73. The largest absolute Gasteiger partial charge is 1.00 e. The van der Waals surface area contributed by atoms with Crippen molar-refractivity contribution in [2.45, 2.75) is 267 Å². The summed E-state index contributed by atoms with van der Waals surface area (Å²) in [5.41, 5.74) is 9.83. The van der Waals surface area contributed by atoms with Crippen LogP contribution in [0.2, 0.25) is 0 Å². The third kappa shape index (κ3) is 40.1. The van der Waals surface area contributed by atoms with E-state index in [9.17, 15) is 43.9 Å². The third-order valence-electron chi connectivity index (χ3n) is 20.8. The first-order chi connectivity index (χ1) is 54.7. The van der Waals surface area contributed by atoms with E-state index in [2.05, 4.69) is 217 Å². The molecule has 3 aromatic carbocycles. The van der Waals surface area contributed by atoms with E-state index < -0.39 is 55.1 Å². The summed E-state index contributed by atoms with van der Waals surface area (Å²) in [4.78, 5) is 101. The number of nitrogens with zero attached hydrogens (tertiary/aromatic N) is 6. The third-order valence-corrected chi connectivity index (χ3v) is 20.8. The van der Waals surface area contributed by atoms with Gasteiger partial charge in [0.2, 0.25) is 11.8 Å². The van der Waals surface area contributed by atoms with Crippen molar-refractivity contribution in [2.75, 3.05) is 7.36 Å². The number of aromatic nitrogens is 6. The fourth-order valence-electron chi connectivity index (χ4n) is 12.5. The minimum atomic E-state index is -1.67. The lowest BCUT2D eigenvalue weighted by Gasteiger charge is -2.32. The summed E-state index contributed by atoms with van der Waals surface area (Å²) in [6, 6.07) is 28.4. The summed E-state index contributed by atoms with van der Waals surface area (Å²) >= 11 is 6.70. The zero-order chi connectivity index (χ0) is 88.2. The summed E-state index contributed by atoms with van der Waals surface area (Å²) in [5, 5.41) is 34.3. The van der Waals surface area contributed by atoms with Gasteiger partial charge in [-0.15, -0.1) is 0 Å². The first-order valence-corrected chi connectivity index (χ1v) is 45.4. The van der Waals surface area contributed by atoms with E-state index in [1.807, 2.05) is 137 Å². The minimum Gasteiger partial charge on any atom is -1.00 e. The number of halogens is 5. The summed E-state index contributed by atoms with van der Waals surface area (Å²) in [6.45, 7) is 41.5. The lowest BCUT2D eigenvalue weighted by molar-refractivity contribution is -0.400. The molecule has 3 saturated heterocycles. The van der Waals surface area contributed by atoms with Gasteiger partial charge in [-0.05, 0) is 173 Å². The highest BCUT2D eigenvalue weighted by Gasteiger charge is 2.57. The Morgan fingerprint density at radius 1 is 0.425 bits per heavy atom. The number of hydrogen-bond donors (Lipinski definition) is 7. The number of nitrogens with one attached hydrogen (secondary N) is 2. The molecule has 3 aliphatic rings. The quantitative estimate of drug-likeness (QED) is 0.00926. The molecule has 666 valence electrons. The Labute approximate surface area is 770 Å². The molecule has 3 aromatic heterocycles. The molecule has 0 spiro atoms. The van der Waals surface area contributed by atoms with E-state index in [4.69, 9.17) is 27.9 Å². The van der Waals surface area contributed by atoms with Gasteiger partial charge >= 0.3 is 34.4 Å². The van der Waals surface area contributed by atoms with Crippen molar-refractivity contribution in [3.63, 3.8) is 0 Å². The van der Waals surface area contributed by atoms with Crippen LogP contribution in [-0.4, -0.2) is 173 Å². The van der Waals surface area contributed by atoms with Gasteiger partial charge in [0.05, 0.1) is 72.4 Å². The molecule has 3 aliphatic heterocycles. The van der Waals surface area contributed by atoms with Gasteiger partial charge < -0.3 is 90.0 Å². The number of carbonyl (C=O) groups excluding carboxylic acids is 5. The van der Waals surface area contributed by atoms with Crippen molar-refractivity contribution in [1.29, 1.82) is 0 Å². The first kappa shape index (κ1) is 115. The van der Waals surface area contributed by atoms with Crippen molar-refractivity contribution in [3.05, 3.63) is 181 Å².